The Bertz CT molecular complexity index is 590. The Kier molecular flexibility index (Phi) is 4.40. The Morgan fingerprint density at radius 1 is 1.40 bits per heavy atom. The Hall–Kier alpha value is -2.30. The van der Waals surface area contributed by atoms with E-state index in [1.807, 2.05) is 38.1 Å². The molecule has 0 saturated carbocycles. The van der Waals surface area contributed by atoms with E-state index in [4.69, 9.17) is 9.26 Å². The number of rotatable bonds is 5. The maximum atomic E-state index is 11.8. The van der Waals surface area contributed by atoms with E-state index in [1.54, 1.807) is 13.2 Å². The second-order valence-corrected chi connectivity index (χ2v) is 4.91. The van der Waals surface area contributed by atoms with Gasteiger partial charge in [-0.1, -0.05) is 31.1 Å². The van der Waals surface area contributed by atoms with Gasteiger partial charge in [-0.15, -0.1) is 0 Å². The molecule has 1 N–H and O–H groups in total. The minimum absolute atomic E-state index is 0.212. The molecule has 0 bridgehead atoms. The summed E-state index contributed by atoms with van der Waals surface area (Å²) in [4.78, 5) is 11.8. The van der Waals surface area contributed by atoms with Crippen LogP contribution < -0.4 is 10.1 Å². The number of amides is 1. The first-order valence-electron chi connectivity index (χ1n) is 6.49. The van der Waals surface area contributed by atoms with E-state index in [2.05, 4.69) is 10.5 Å². The molecule has 0 aliphatic heterocycles. The van der Waals surface area contributed by atoms with Gasteiger partial charge in [0.1, 0.15) is 11.4 Å². The molecule has 0 atom stereocenters. The van der Waals surface area contributed by atoms with Gasteiger partial charge < -0.3 is 14.6 Å². The molecule has 1 amide bonds. The van der Waals surface area contributed by atoms with Crippen molar-refractivity contribution >= 4 is 5.91 Å². The number of nitrogens with one attached hydrogen (secondary N) is 1. The van der Waals surface area contributed by atoms with Crippen LogP contribution in [-0.4, -0.2) is 24.7 Å². The van der Waals surface area contributed by atoms with E-state index in [9.17, 15) is 4.79 Å². The minimum atomic E-state index is -0.250. The molecule has 0 aliphatic carbocycles. The molecule has 0 saturated heterocycles. The number of hydrogen-bond acceptors (Lipinski definition) is 4. The number of ether oxygens (including phenoxy) is 1. The van der Waals surface area contributed by atoms with Crippen LogP contribution >= 0.6 is 0 Å². The van der Waals surface area contributed by atoms with Crippen LogP contribution in [0.5, 0.6) is 5.75 Å². The molecule has 0 aliphatic rings. The van der Waals surface area contributed by atoms with Crippen molar-refractivity contribution < 1.29 is 14.1 Å². The van der Waals surface area contributed by atoms with Crippen molar-refractivity contribution in [2.75, 3.05) is 13.7 Å². The van der Waals surface area contributed by atoms with Gasteiger partial charge in [-0.3, -0.25) is 4.79 Å². The summed E-state index contributed by atoms with van der Waals surface area (Å²) in [6.07, 6.45) is 0. The molecule has 1 aromatic carbocycles. The first-order valence-corrected chi connectivity index (χ1v) is 6.49. The molecule has 0 fully saturated rings. The van der Waals surface area contributed by atoms with Gasteiger partial charge >= 0.3 is 0 Å². The van der Waals surface area contributed by atoms with Gasteiger partial charge in [0.05, 0.1) is 7.11 Å². The van der Waals surface area contributed by atoms with Gasteiger partial charge in [0.15, 0.2) is 0 Å². The Morgan fingerprint density at radius 3 is 2.90 bits per heavy atom. The maximum Gasteiger partial charge on any atom is 0.289 e. The fraction of sp³-hybridized carbons (Fsp3) is 0.333. The van der Waals surface area contributed by atoms with Gasteiger partial charge in [0, 0.05) is 18.2 Å². The van der Waals surface area contributed by atoms with Crippen molar-refractivity contribution in [3.63, 3.8) is 0 Å². The van der Waals surface area contributed by atoms with E-state index < -0.39 is 0 Å². The molecule has 0 unspecified atom stereocenters. The Morgan fingerprint density at radius 2 is 2.20 bits per heavy atom. The summed E-state index contributed by atoms with van der Waals surface area (Å²) in [5, 5.41) is 6.71. The Balaban J connectivity index is 2.13. The van der Waals surface area contributed by atoms with E-state index in [1.165, 1.54) is 0 Å². The van der Waals surface area contributed by atoms with Crippen LogP contribution in [0.1, 0.15) is 24.4 Å². The van der Waals surface area contributed by atoms with Crippen molar-refractivity contribution in [3.8, 4) is 17.0 Å². The summed E-state index contributed by atoms with van der Waals surface area (Å²) in [6.45, 7) is 4.67. The lowest BCUT2D eigenvalue weighted by atomic mass is 10.1. The molecule has 2 rings (SSSR count). The normalized spacial score (nSPS) is 10.6. The largest absolute Gasteiger partial charge is 0.497 e. The zero-order chi connectivity index (χ0) is 14.5. The van der Waals surface area contributed by atoms with Crippen LogP contribution in [0.15, 0.2) is 34.9 Å². The summed E-state index contributed by atoms with van der Waals surface area (Å²) < 4.78 is 10.2. The van der Waals surface area contributed by atoms with Crippen LogP contribution in [0.3, 0.4) is 0 Å². The smallest absolute Gasteiger partial charge is 0.289 e. The van der Waals surface area contributed by atoms with E-state index in [-0.39, 0.29) is 11.7 Å². The monoisotopic (exact) mass is 274 g/mol. The van der Waals surface area contributed by atoms with Crippen LogP contribution in [0.25, 0.3) is 11.3 Å². The van der Waals surface area contributed by atoms with Crippen molar-refractivity contribution in [1.29, 1.82) is 0 Å². The highest BCUT2D eigenvalue weighted by atomic mass is 16.5. The molecule has 0 radical (unpaired) electrons. The summed E-state index contributed by atoms with van der Waals surface area (Å²) in [6, 6.07) is 9.06. The third-order valence-corrected chi connectivity index (χ3v) is 2.77. The fourth-order valence-electron chi connectivity index (χ4n) is 1.68. The minimum Gasteiger partial charge on any atom is -0.497 e. The summed E-state index contributed by atoms with van der Waals surface area (Å²) >= 11 is 0. The maximum absolute atomic E-state index is 11.8. The zero-order valence-corrected chi connectivity index (χ0v) is 11.8. The third-order valence-electron chi connectivity index (χ3n) is 2.77. The molecular weight excluding hydrogens is 256 g/mol. The van der Waals surface area contributed by atoms with Crippen LogP contribution in [0.4, 0.5) is 0 Å². The highest BCUT2D eigenvalue weighted by Crippen LogP contribution is 2.23. The lowest BCUT2D eigenvalue weighted by Gasteiger charge is -2.04. The van der Waals surface area contributed by atoms with Gasteiger partial charge in [0.2, 0.25) is 5.76 Å². The summed E-state index contributed by atoms with van der Waals surface area (Å²) in [7, 11) is 1.60. The van der Waals surface area contributed by atoms with Gasteiger partial charge in [-0.25, -0.2) is 0 Å². The molecule has 1 heterocycles. The average molecular weight is 274 g/mol. The van der Waals surface area contributed by atoms with Crippen molar-refractivity contribution in [2.24, 2.45) is 5.92 Å². The second kappa shape index (κ2) is 6.23. The fourth-order valence-corrected chi connectivity index (χ4v) is 1.68. The number of hydrogen-bond donors (Lipinski definition) is 1. The first kappa shape index (κ1) is 14.1. The molecule has 5 heteroatoms. The number of nitrogens with zero attached hydrogens (tertiary/aromatic N) is 1. The average Bonchev–Trinajstić information content (AvgIpc) is 2.94. The van der Waals surface area contributed by atoms with E-state index in [0.717, 1.165) is 11.3 Å². The summed E-state index contributed by atoms with van der Waals surface area (Å²) in [5.41, 5.74) is 1.45. The summed E-state index contributed by atoms with van der Waals surface area (Å²) in [5.74, 6) is 1.08. The first-order chi connectivity index (χ1) is 9.60. The van der Waals surface area contributed by atoms with Crippen molar-refractivity contribution in [3.05, 3.63) is 36.1 Å². The van der Waals surface area contributed by atoms with Gasteiger partial charge in [-0.05, 0) is 18.1 Å². The number of carbonyl (C=O) groups is 1. The molecule has 106 valence electrons. The van der Waals surface area contributed by atoms with Crippen LogP contribution in [0, 0.1) is 5.92 Å². The van der Waals surface area contributed by atoms with E-state index in [0.29, 0.717) is 18.2 Å². The van der Waals surface area contributed by atoms with Crippen LogP contribution in [-0.2, 0) is 0 Å². The predicted molar refractivity (Wildman–Crippen MR) is 75.7 cm³/mol. The molecule has 20 heavy (non-hydrogen) atoms. The van der Waals surface area contributed by atoms with Crippen molar-refractivity contribution in [2.45, 2.75) is 13.8 Å². The third kappa shape index (κ3) is 3.38. The quantitative estimate of drug-likeness (QED) is 0.910. The lowest BCUT2D eigenvalue weighted by molar-refractivity contribution is 0.0912. The zero-order valence-electron chi connectivity index (χ0n) is 11.8. The molecular formula is C15H18N2O3. The van der Waals surface area contributed by atoms with Gasteiger partial charge in [0.25, 0.3) is 5.91 Å². The number of methoxy groups -OCH3 is 1. The standard InChI is InChI=1S/C15H18N2O3/c1-10(2)9-16-15(18)14-8-13(17-20-14)11-5-4-6-12(7-11)19-3/h4-8,10H,9H2,1-3H3,(H,16,18). The Labute approximate surface area is 117 Å². The van der Waals surface area contributed by atoms with Gasteiger partial charge in [-0.2, -0.15) is 0 Å². The number of aromatic nitrogens is 1. The van der Waals surface area contributed by atoms with E-state index >= 15 is 0 Å². The number of carbonyl (C=O) groups excluding carboxylic acids is 1. The highest BCUT2D eigenvalue weighted by Gasteiger charge is 2.14. The van der Waals surface area contributed by atoms with Crippen LogP contribution in [0.2, 0.25) is 0 Å². The molecule has 0 spiro atoms. The number of benzene rings is 1. The highest BCUT2D eigenvalue weighted by molar-refractivity contribution is 5.92. The second-order valence-electron chi connectivity index (χ2n) is 4.91. The molecule has 1 aromatic heterocycles. The lowest BCUT2D eigenvalue weighted by Crippen LogP contribution is -2.26. The predicted octanol–water partition coefficient (Wildman–Crippen LogP) is 2.74. The van der Waals surface area contributed by atoms with Crippen molar-refractivity contribution in [1.82, 2.24) is 10.5 Å². The SMILES string of the molecule is COc1cccc(-c2cc(C(=O)NCC(C)C)on2)c1. The molecule has 5 nitrogen and oxygen atoms in total. The topological polar surface area (TPSA) is 64.4 Å². The molecule has 2 aromatic rings.